The van der Waals surface area contributed by atoms with Gasteiger partial charge in [0, 0.05) is 23.7 Å². The number of aromatic nitrogens is 2. The van der Waals surface area contributed by atoms with Crippen LogP contribution in [0.1, 0.15) is 43.0 Å². The van der Waals surface area contributed by atoms with Crippen LogP contribution in [0.15, 0.2) is 40.3 Å². The van der Waals surface area contributed by atoms with Gasteiger partial charge < -0.3 is 4.90 Å². The van der Waals surface area contributed by atoms with Crippen molar-refractivity contribution < 1.29 is 0 Å². The minimum Gasteiger partial charge on any atom is -0.301 e. The summed E-state index contributed by atoms with van der Waals surface area (Å²) in [5, 5.41) is 1.67. The number of thioether (sulfide) groups is 1. The fourth-order valence-electron chi connectivity index (χ4n) is 3.75. The van der Waals surface area contributed by atoms with E-state index in [4.69, 9.17) is 4.98 Å². The average Bonchev–Trinajstić information content (AvgIpc) is 3.06. The first-order valence-corrected chi connectivity index (χ1v) is 11.9. The van der Waals surface area contributed by atoms with Gasteiger partial charge in [-0.15, -0.1) is 11.3 Å². The monoisotopic (exact) mass is 413 g/mol. The molecule has 0 bridgehead atoms. The maximum Gasteiger partial charge on any atom is 0.267 e. The molecule has 0 unspecified atom stereocenters. The summed E-state index contributed by atoms with van der Waals surface area (Å²) < 4.78 is 1.83. The van der Waals surface area contributed by atoms with E-state index in [-0.39, 0.29) is 5.56 Å². The van der Waals surface area contributed by atoms with Crippen molar-refractivity contribution in [3.05, 3.63) is 51.1 Å². The van der Waals surface area contributed by atoms with Crippen molar-refractivity contribution in [3.8, 4) is 5.69 Å². The van der Waals surface area contributed by atoms with Crippen molar-refractivity contribution in [2.24, 2.45) is 0 Å². The predicted molar refractivity (Wildman–Crippen MR) is 120 cm³/mol. The number of benzene rings is 1. The highest BCUT2D eigenvalue weighted by Crippen LogP contribution is 2.34. The summed E-state index contributed by atoms with van der Waals surface area (Å²) in [4.78, 5) is 23.1. The van der Waals surface area contributed by atoms with E-state index >= 15 is 0 Å². The first kappa shape index (κ1) is 19.7. The first-order valence-electron chi connectivity index (χ1n) is 10.1. The smallest absolute Gasteiger partial charge is 0.267 e. The zero-order chi connectivity index (χ0) is 19.5. The Kier molecular flexibility index (Phi) is 6.19. The van der Waals surface area contributed by atoms with Gasteiger partial charge in [0.25, 0.3) is 5.56 Å². The first-order chi connectivity index (χ1) is 13.7. The van der Waals surface area contributed by atoms with Gasteiger partial charge in [0.05, 0.1) is 11.1 Å². The molecule has 148 valence electrons. The molecule has 2 aromatic heterocycles. The third kappa shape index (κ3) is 3.91. The van der Waals surface area contributed by atoms with Gasteiger partial charge in [-0.05, 0) is 37.6 Å². The molecule has 0 amide bonds. The fraction of sp³-hybridized carbons (Fsp3) is 0.455. The van der Waals surface area contributed by atoms with Crippen molar-refractivity contribution in [3.63, 3.8) is 0 Å². The Morgan fingerprint density at radius 3 is 2.79 bits per heavy atom. The van der Waals surface area contributed by atoms with Crippen LogP contribution in [-0.2, 0) is 13.0 Å². The van der Waals surface area contributed by atoms with Crippen LogP contribution >= 0.6 is 23.1 Å². The second kappa shape index (κ2) is 8.80. The zero-order valence-corrected chi connectivity index (χ0v) is 18.2. The van der Waals surface area contributed by atoms with E-state index in [1.165, 1.54) is 29.7 Å². The van der Waals surface area contributed by atoms with Gasteiger partial charge in [-0.2, -0.15) is 0 Å². The number of hydrogen-bond donors (Lipinski definition) is 0. The third-order valence-electron chi connectivity index (χ3n) is 5.28. The molecule has 1 aliphatic heterocycles. The van der Waals surface area contributed by atoms with Crippen molar-refractivity contribution in [1.29, 1.82) is 0 Å². The molecule has 0 saturated heterocycles. The van der Waals surface area contributed by atoms with Gasteiger partial charge in [-0.25, -0.2) is 4.98 Å². The maximum absolute atomic E-state index is 13.6. The lowest BCUT2D eigenvalue weighted by atomic mass is 10.1. The van der Waals surface area contributed by atoms with Gasteiger partial charge in [-0.3, -0.25) is 9.36 Å². The number of para-hydroxylation sites is 1. The fourth-order valence-corrected chi connectivity index (χ4v) is 6.10. The molecule has 0 atom stereocenters. The summed E-state index contributed by atoms with van der Waals surface area (Å²) in [7, 11) is 2.14. The summed E-state index contributed by atoms with van der Waals surface area (Å²) in [6.07, 6.45) is 5.83. The summed E-state index contributed by atoms with van der Waals surface area (Å²) in [6.45, 7) is 4.14. The van der Waals surface area contributed by atoms with Gasteiger partial charge in [0.15, 0.2) is 5.16 Å². The number of nitrogens with zero attached hydrogens (tertiary/aromatic N) is 3. The van der Waals surface area contributed by atoms with E-state index in [0.29, 0.717) is 0 Å². The minimum absolute atomic E-state index is 0.0920. The minimum atomic E-state index is 0.0920. The second-order valence-electron chi connectivity index (χ2n) is 7.45. The Labute approximate surface area is 174 Å². The van der Waals surface area contributed by atoms with E-state index in [0.717, 1.165) is 52.7 Å². The number of unbranched alkanes of at least 4 members (excludes halogenated alkanes) is 3. The van der Waals surface area contributed by atoms with Crippen LogP contribution in [0.25, 0.3) is 15.9 Å². The van der Waals surface area contributed by atoms with Gasteiger partial charge >= 0.3 is 0 Å². The zero-order valence-electron chi connectivity index (χ0n) is 16.6. The molecule has 4 rings (SSSR count). The van der Waals surface area contributed by atoms with Crippen LogP contribution in [-0.4, -0.2) is 33.8 Å². The van der Waals surface area contributed by atoms with Crippen LogP contribution in [0, 0.1) is 0 Å². The predicted octanol–water partition coefficient (Wildman–Crippen LogP) is 5.11. The van der Waals surface area contributed by atoms with Crippen molar-refractivity contribution in [2.45, 2.75) is 50.7 Å². The molecule has 1 aliphatic rings. The Bertz CT molecular complexity index is 1010. The number of rotatable bonds is 7. The maximum atomic E-state index is 13.6. The Morgan fingerprint density at radius 2 is 2.00 bits per heavy atom. The lowest BCUT2D eigenvalue weighted by Gasteiger charge is -2.21. The normalized spacial score (nSPS) is 14.5. The SMILES string of the molecule is CCCCCCSc1nc2sc3c(c2c(=O)n1-c1ccccc1)CCN(C)C3. The molecule has 6 heteroatoms. The Morgan fingerprint density at radius 1 is 1.18 bits per heavy atom. The molecule has 0 fully saturated rings. The molecule has 0 aliphatic carbocycles. The molecule has 0 saturated carbocycles. The lowest BCUT2D eigenvalue weighted by molar-refractivity contribution is 0.318. The third-order valence-corrected chi connectivity index (χ3v) is 7.41. The molecular formula is C22H27N3OS2. The Hall–Kier alpha value is -1.63. The van der Waals surface area contributed by atoms with E-state index in [1.54, 1.807) is 23.1 Å². The standard InChI is InChI=1S/C22H27N3OS2/c1-3-4-5-9-14-27-22-23-20-19(17-12-13-24(2)15-18(17)28-20)21(26)25(22)16-10-7-6-8-11-16/h6-8,10-11H,3-5,9,12-15H2,1-2H3. The molecule has 28 heavy (non-hydrogen) atoms. The number of hydrogen-bond acceptors (Lipinski definition) is 5. The molecule has 4 nitrogen and oxygen atoms in total. The number of fused-ring (bicyclic) bond motifs is 3. The molecule has 1 aromatic carbocycles. The molecule has 0 radical (unpaired) electrons. The highest BCUT2D eigenvalue weighted by Gasteiger charge is 2.24. The van der Waals surface area contributed by atoms with Crippen molar-refractivity contribution in [2.75, 3.05) is 19.3 Å². The molecular weight excluding hydrogens is 386 g/mol. The lowest BCUT2D eigenvalue weighted by Crippen LogP contribution is -2.27. The van der Waals surface area contributed by atoms with Crippen LogP contribution in [0.2, 0.25) is 0 Å². The largest absolute Gasteiger partial charge is 0.301 e. The highest BCUT2D eigenvalue weighted by molar-refractivity contribution is 7.99. The highest BCUT2D eigenvalue weighted by atomic mass is 32.2. The Balaban J connectivity index is 1.79. The average molecular weight is 414 g/mol. The molecule has 3 heterocycles. The summed E-state index contributed by atoms with van der Waals surface area (Å²) in [5.74, 6) is 0.999. The summed E-state index contributed by atoms with van der Waals surface area (Å²) in [6, 6.07) is 9.96. The van der Waals surface area contributed by atoms with Crippen LogP contribution in [0.3, 0.4) is 0 Å². The van der Waals surface area contributed by atoms with Crippen molar-refractivity contribution >= 4 is 33.3 Å². The van der Waals surface area contributed by atoms with Crippen LogP contribution in [0.4, 0.5) is 0 Å². The van der Waals surface area contributed by atoms with Gasteiger partial charge in [0.1, 0.15) is 4.83 Å². The van der Waals surface area contributed by atoms with Gasteiger partial charge in [-0.1, -0.05) is 56.1 Å². The van der Waals surface area contributed by atoms with E-state index in [2.05, 4.69) is 18.9 Å². The molecule has 3 aromatic rings. The van der Waals surface area contributed by atoms with Crippen LogP contribution < -0.4 is 5.56 Å². The van der Waals surface area contributed by atoms with E-state index in [1.807, 2.05) is 34.9 Å². The van der Waals surface area contributed by atoms with Crippen molar-refractivity contribution in [1.82, 2.24) is 14.5 Å². The summed E-state index contributed by atoms with van der Waals surface area (Å²) >= 11 is 3.42. The topological polar surface area (TPSA) is 38.1 Å². The van der Waals surface area contributed by atoms with E-state index < -0.39 is 0 Å². The van der Waals surface area contributed by atoms with Crippen LogP contribution in [0.5, 0.6) is 0 Å². The quantitative estimate of drug-likeness (QED) is 0.307. The molecule has 0 spiro atoms. The van der Waals surface area contributed by atoms with E-state index in [9.17, 15) is 4.79 Å². The number of likely N-dealkylation sites (N-methyl/N-ethyl adjacent to an activating group) is 1. The van der Waals surface area contributed by atoms with Gasteiger partial charge in [0.2, 0.25) is 0 Å². The second-order valence-corrected chi connectivity index (χ2v) is 9.60. The number of thiophene rings is 1. The molecule has 0 N–H and O–H groups in total. The summed E-state index contributed by atoms with van der Waals surface area (Å²) in [5.41, 5.74) is 2.22.